The Balaban J connectivity index is 1.66. The first kappa shape index (κ1) is 19.8. The highest BCUT2D eigenvalue weighted by atomic mass is 19.1. The van der Waals surface area contributed by atoms with Gasteiger partial charge >= 0.3 is 0 Å². The Bertz CT molecular complexity index is 676. The molecule has 6 nitrogen and oxygen atoms in total. The number of hydrogen-bond donors (Lipinski definition) is 1. The lowest BCUT2D eigenvalue weighted by Gasteiger charge is -2.22. The predicted octanol–water partition coefficient (Wildman–Crippen LogP) is 1.30. The third kappa shape index (κ3) is 5.05. The van der Waals surface area contributed by atoms with Gasteiger partial charge in [0.05, 0.1) is 5.56 Å². The van der Waals surface area contributed by atoms with Crippen molar-refractivity contribution in [3.63, 3.8) is 0 Å². The van der Waals surface area contributed by atoms with Crippen LogP contribution in [0.2, 0.25) is 0 Å². The van der Waals surface area contributed by atoms with Gasteiger partial charge in [-0.3, -0.25) is 9.59 Å². The third-order valence-corrected chi connectivity index (χ3v) is 5.35. The first-order chi connectivity index (χ1) is 13.1. The fourth-order valence-corrected chi connectivity index (χ4v) is 3.84. The number of ether oxygens (including phenoxy) is 1. The summed E-state index contributed by atoms with van der Waals surface area (Å²) in [4.78, 5) is 28.3. The topological polar surface area (TPSA) is 61.9 Å². The van der Waals surface area contributed by atoms with Crippen molar-refractivity contribution in [1.82, 2.24) is 15.1 Å². The molecule has 0 aromatic heterocycles. The fraction of sp³-hybridized carbons (Fsp3) is 0.600. The van der Waals surface area contributed by atoms with Crippen LogP contribution in [0.15, 0.2) is 18.2 Å². The molecule has 27 heavy (non-hydrogen) atoms. The molecule has 2 aliphatic rings. The van der Waals surface area contributed by atoms with E-state index in [-0.39, 0.29) is 24.0 Å². The molecule has 1 unspecified atom stereocenters. The Morgan fingerprint density at radius 3 is 2.74 bits per heavy atom. The van der Waals surface area contributed by atoms with Crippen molar-refractivity contribution in [2.24, 2.45) is 5.92 Å². The Morgan fingerprint density at radius 2 is 2.00 bits per heavy atom. The summed E-state index contributed by atoms with van der Waals surface area (Å²) < 4.78 is 19.3. The molecule has 2 fully saturated rings. The second kappa shape index (κ2) is 9.28. The van der Waals surface area contributed by atoms with Gasteiger partial charge in [-0.1, -0.05) is 6.07 Å². The van der Waals surface area contributed by atoms with E-state index in [1.807, 2.05) is 0 Å². The van der Waals surface area contributed by atoms with E-state index in [0.717, 1.165) is 31.5 Å². The Labute approximate surface area is 159 Å². The minimum absolute atomic E-state index is 0.0423. The van der Waals surface area contributed by atoms with E-state index < -0.39 is 5.82 Å². The van der Waals surface area contributed by atoms with Crippen LogP contribution in [-0.4, -0.2) is 74.6 Å². The number of rotatable bonds is 5. The standard InChI is InChI=1S/C20H28FN3O3/c1-27-14-19(25)23-7-2-8-24(10-9-23)20(26)17-12-15(3-4-18(17)21)11-16-5-6-22-13-16/h3-4,12,16,22H,2,5-11,13-14H2,1H3. The highest BCUT2D eigenvalue weighted by molar-refractivity contribution is 5.94. The minimum Gasteiger partial charge on any atom is -0.375 e. The van der Waals surface area contributed by atoms with Crippen LogP contribution in [0.1, 0.15) is 28.8 Å². The lowest BCUT2D eigenvalue weighted by atomic mass is 9.97. The average molecular weight is 377 g/mol. The maximum absolute atomic E-state index is 14.4. The third-order valence-electron chi connectivity index (χ3n) is 5.35. The second-order valence-corrected chi connectivity index (χ2v) is 7.34. The van der Waals surface area contributed by atoms with Gasteiger partial charge in [0.25, 0.3) is 5.91 Å². The van der Waals surface area contributed by atoms with Gasteiger partial charge in [-0.05, 0) is 56.0 Å². The number of carbonyl (C=O) groups excluding carboxylic acids is 2. The van der Waals surface area contributed by atoms with Crippen LogP contribution in [0.25, 0.3) is 0 Å². The molecule has 0 radical (unpaired) electrons. The molecule has 0 saturated carbocycles. The Morgan fingerprint density at radius 1 is 1.22 bits per heavy atom. The minimum atomic E-state index is -0.482. The molecule has 0 bridgehead atoms. The zero-order valence-corrected chi connectivity index (χ0v) is 15.9. The van der Waals surface area contributed by atoms with Crippen molar-refractivity contribution in [2.75, 3.05) is 53.0 Å². The molecule has 2 heterocycles. The molecule has 1 aromatic rings. The number of nitrogens with zero attached hydrogens (tertiary/aromatic N) is 2. The number of methoxy groups -OCH3 is 1. The van der Waals surface area contributed by atoms with E-state index in [9.17, 15) is 14.0 Å². The summed E-state index contributed by atoms with van der Waals surface area (Å²) in [5.74, 6) is -0.313. The highest BCUT2D eigenvalue weighted by Gasteiger charge is 2.25. The zero-order chi connectivity index (χ0) is 19.2. The average Bonchev–Trinajstić information content (AvgIpc) is 3.04. The molecular formula is C20H28FN3O3. The Kier molecular flexibility index (Phi) is 6.79. The summed E-state index contributed by atoms with van der Waals surface area (Å²) in [6, 6.07) is 4.88. The number of hydrogen-bond acceptors (Lipinski definition) is 4. The van der Waals surface area contributed by atoms with Crippen LogP contribution in [-0.2, 0) is 16.0 Å². The summed E-state index contributed by atoms with van der Waals surface area (Å²) in [5.41, 5.74) is 1.13. The van der Waals surface area contributed by atoms with Crippen molar-refractivity contribution in [2.45, 2.75) is 19.3 Å². The summed E-state index contributed by atoms with van der Waals surface area (Å²) in [5, 5.41) is 3.33. The van der Waals surface area contributed by atoms with Gasteiger partial charge in [0.2, 0.25) is 5.91 Å². The van der Waals surface area contributed by atoms with Crippen molar-refractivity contribution in [3.05, 3.63) is 35.1 Å². The van der Waals surface area contributed by atoms with Gasteiger partial charge in [-0.25, -0.2) is 4.39 Å². The quantitative estimate of drug-likeness (QED) is 0.840. The van der Waals surface area contributed by atoms with Crippen molar-refractivity contribution in [3.8, 4) is 0 Å². The van der Waals surface area contributed by atoms with E-state index in [2.05, 4.69) is 5.32 Å². The fourth-order valence-electron chi connectivity index (χ4n) is 3.84. The van der Waals surface area contributed by atoms with Crippen LogP contribution < -0.4 is 5.32 Å². The molecule has 7 heteroatoms. The molecule has 1 atom stereocenters. The number of benzene rings is 1. The SMILES string of the molecule is COCC(=O)N1CCCN(C(=O)c2cc(CC3CCNC3)ccc2F)CC1. The molecule has 0 aliphatic carbocycles. The summed E-state index contributed by atoms with van der Waals surface area (Å²) >= 11 is 0. The molecule has 148 valence electrons. The molecule has 3 rings (SSSR count). The smallest absolute Gasteiger partial charge is 0.256 e. The number of halogens is 1. The van der Waals surface area contributed by atoms with Crippen molar-refractivity contribution >= 4 is 11.8 Å². The molecule has 1 aromatic carbocycles. The second-order valence-electron chi connectivity index (χ2n) is 7.34. The molecule has 0 spiro atoms. The number of nitrogens with one attached hydrogen (secondary N) is 1. The number of amides is 2. The van der Waals surface area contributed by atoms with Crippen LogP contribution in [0.4, 0.5) is 4.39 Å². The first-order valence-corrected chi connectivity index (χ1v) is 9.63. The lowest BCUT2D eigenvalue weighted by Crippen LogP contribution is -2.38. The van der Waals surface area contributed by atoms with Crippen LogP contribution >= 0.6 is 0 Å². The molecule has 1 N–H and O–H groups in total. The van der Waals surface area contributed by atoms with Crippen LogP contribution in [0.5, 0.6) is 0 Å². The largest absolute Gasteiger partial charge is 0.375 e. The van der Waals surface area contributed by atoms with Gasteiger partial charge in [-0.15, -0.1) is 0 Å². The number of carbonyl (C=O) groups is 2. The van der Waals surface area contributed by atoms with Crippen LogP contribution in [0, 0.1) is 11.7 Å². The van der Waals surface area contributed by atoms with E-state index in [1.54, 1.807) is 21.9 Å². The molecular weight excluding hydrogens is 349 g/mol. The van der Waals surface area contributed by atoms with Gasteiger partial charge in [0.15, 0.2) is 0 Å². The van der Waals surface area contributed by atoms with E-state index >= 15 is 0 Å². The normalized spacial score (nSPS) is 20.6. The summed E-state index contributed by atoms with van der Waals surface area (Å²) in [6.07, 6.45) is 2.64. The summed E-state index contributed by atoms with van der Waals surface area (Å²) in [7, 11) is 1.49. The first-order valence-electron chi connectivity index (χ1n) is 9.63. The monoisotopic (exact) mass is 377 g/mol. The van der Waals surface area contributed by atoms with E-state index in [1.165, 1.54) is 13.2 Å². The van der Waals surface area contributed by atoms with Gasteiger partial charge in [0.1, 0.15) is 12.4 Å². The highest BCUT2D eigenvalue weighted by Crippen LogP contribution is 2.20. The molecule has 2 amide bonds. The Hall–Kier alpha value is -1.99. The van der Waals surface area contributed by atoms with Crippen LogP contribution in [0.3, 0.4) is 0 Å². The predicted molar refractivity (Wildman–Crippen MR) is 100 cm³/mol. The maximum atomic E-state index is 14.4. The van der Waals surface area contributed by atoms with Gasteiger partial charge < -0.3 is 19.9 Å². The van der Waals surface area contributed by atoms with Crippen molar-refractivity contribution in [1.29, 1.82) is 0 Å². The maximum Gasteiger partial charge on any atom is 0.256 e. The lowest BCUT2D eigenvalue weighted by molar-refractivity contribution is -0.135. The molecule has 2 aliphatic heterocycles. The van der Waals surface area contributed by atoms with Gasteiger partial charge in [0, 0.05) is 33.3 Å². The zero-order valence-electron chi connectivity index (χ0n) is 15.9. The van der Waals surface area contributed by atoms with E-state index in [0.29, 0.717) is 38.5 Å². The van der Waals surface area contributed by atoms with Gasteiger partial charge in [-0.2, -0.15) is 0 Å². The van der Waals surface area contributed by atoms with Crippen molar-refractivity contribution < 1.29 is 18.7 Å². The van der Waals surface area contributed by atoms with E-state index in [4.69, 9.17) is 4.74 Å². The summed E-state index contributed by atoms with van der Waals surface area (Å²) in [6.45, 7) is 3.99. The molecule has 2 saturated heterocycles.